The van der Waals surface area contributed by atoms with E-state index in [0.29, 0.717) is 18.7 Å². The maximum atomic E-state index is 11.8. The van der Waals surface area contributed by atoms with Crippen LogP contribution in [0.3, 0.4) is 0 Å². The van der Waals surface area contributed by atoms with Crippen molar-refractivity contribution in [3.8, 4) is 6.07 Å². The average Bonchev–Trinajstić information content (AvgIpc) is 2.44. The van der Waals surface area contributed by atoms with E-state index in [9.17, 15) is 13.2 Å². The number of nitriles is 1. The summed E-state index contributed by atoms with van der Waals surface area (Å²) in [6.45, 7) is 0.289. The topological polar surface area (TPSA) is 99.5 Å². The number of sulfonamides is 1. The summed E-state index contributed by atoms with van der Waals surface area (Å²) in [7, 11) is -2.13. The number of methoxy groups -OCH3 is 1. The van der Waals surface area contributed by atoms with Crippen LogP contribution in [0.15, 0.2) is 24.3 Å². The van der Waals surface area contributed by atoms with Crippen LogP contribution < -0.4 is 9.62 Å². The molecular formula is C13H17N3O4S. The van der Waals surface area contributed by atoms with Crippen molar-refractivity contribution in [2.75, 3.05) is 37.4 Å². The van der Waals surface area contributed by atoms with Crippen molar-refractivity contribution < 1.29 is 17.9 Å². The minimum absolute atomic E-state index is 0.276. The minimum atomic E-state index is -3.64. The second-order valence-electron chi connectivity index (χ2n) is 4.27. The van der Waals surface area contributed by atoms with Crippen molar-refractivity contribution in [3.05, 3.63) is 29.8 Å². The molecule has 0 saturated heterocycles. The largest absolute Gasteiger partial charge is 0.383 e. The zero-order valence-corrected chi connectivity index (χ0v) is 12.7. The second-order valence-corrected chi connectivity index (χ2v) is 6.18. The van der Waals surface area contributed by atoms with Gasteiger partial charge in [0, 0.05) is 13.7 Å². The Morgan fingerprint density at radius 1 is 1.48 bits per heavy atom. The lowest BCUT2D eigenvalue weighted by Crippen LogP contribution is -2.41. The normalized spacial score (nSPS) is 10.7. The predicted octanol–water partition coefficient (Wildman–Crippen LogP) is 0.0869. The van der Waals surface area contributed by atoms with Gasteiger partial charge in [0.25, 0.3) is 0 Å². The number of carbonyl (C=O) groups excluding carboxylic acids is 1. The zero-order chi connectivity index (χ0) is 15.9. The van der Waals surface area contributed by atoms with E-state index >= 15 is 0 Å². The molecule has 8 heteroatoms. The Labute approximate surface area is 124 Å². The molecule has 1 N–H and O–H groups in total. The van der Waals surface area contributed by atoms with Crippen molar-refractivity contribution in [2.45, 2.75) is 0 Å². The van der Waals surface area contributed by atoms with Crippen molar-refractivity contribution in [1.82, 2.24) is 5.32 Å². The number of benzene rings is 1. The van der Waals surface area contributed by atoms with Crippen LogP contribution in [0.5, 0.6) is 0 Å². The van der Waals surface area contributed by atoms with Gasteiger partial charge in [-0.1, -0.05) is 6.07 Å². The molecule has 0 atom stereocenters. The first kappa shape index (κ1) is 16.9. The Bertz CT molecular complexity index is 637. The Balaban J connectivity index is 2.92. The first-order valence-corrected chi connectivity index (χ1v) is 7.97. The summed E-state index contributed by atoms with van der Waals surface area (Å²) in [5.41, 5.74) is 0.597. The second kappa shape index (κ2) is 7.61. The fraction of sp³-hybridized carbons (Fsp3) is 0.385. The molecule has 0 fully saturated rings. The van der Waals surface area contributed by atoms with E-state index in [0.717, 1.165) is 10.6 Å². The maximum absolute atomic E-state index is 11.8. The quantitative estimate of drug-likeness (QED) is 0.719. The molecule has 1 rings (SSSR count). The highest BCUT2D eigenvalue weighted by molar-refractivity contribution is 7.92. The van der Waals surface area contributed by atoms with E-state index in [1.54, 1.807) is 12.1 Å². The molecule has 1 amide bonds. The molecule has 1 aromatic carbocycles. The van der Waals surface area contributed by atoms with Gasteiger partial charge in [-0.15, -0.1) is 0 Å². The van der Waals surface area contributed by atoms with Crippen LogP contribution in [-0.2, 0) is 19.6 Å². The highest BCUT2D eigenvalue weighted by Crippen LogP contribution is 2.18. The summed E-state index contributed by atoms with van der Waals surface area (Å²) in [4.78, 5) is 11.8. The lowest BCUT2D eigenvalue weighted by molar-refractivity contribution is -0.119. The fourth-order valence-electron chi connectivity index (χ4n) is 1.61. The van der Waals surface area contributed by atoms with E-state index in [1.807, 2.05) is 6.07 Å². The highest BCUT2D eigenvalue weighted by Gasteiger charge is 2.20. The van der Waals surface area contributed by atoms with E-state index in [2.05, 4.69) is 5.32 Å². The van der Waals surface area contributed by atoms with Crippen molar-refractivity contribution in [2.24, 2.45) is 0 Å². The van der Waals surface area contributed by atoms with Crippen LogP contribution in [0.25, 0.3) is 0 Å². The van der Waals surface area contributed by atoms with E-state index in [-0.39, 0.29) is 12.2 Å². The summed E-state index contributed by atoms with van der Waals surface area (Å²) in [5.74, 6) is -0.445. The van der Waals surface area contributed by atoms with Gasteiger partial charge in [-0.25, -0.2) is 8.42 Å². The predicted molar refractivity (Wildman–Crippen MR) is 78.2 cm³/mol. The van der Waals surface area contributed by atoms with Crippen LogP contribution >= 0.6 is 0 Å². The molecule has 0 aliphatic carbocycles. The van der Waals surface area contributed by atoms with Crippen LogP contribution in [0.1, 0.15) is 5.56 Å². The molecule has 0 aliphatic heterocycles. The lowest BCUT2D eigenvalue weighted by atomic mass is 10.2. The fourth-order valence-corrected chi connectivity index (χ4v) is 2.46. The smallest absolute Gasteiger partial charge is 0.240 e. The van der Waals surface area contributed by atoms with Gasteiger partial charge >= 0.3 is 0 Å². The maximum Gasteiger partial charge on any atom is 0.240 e. The lowest BCUT2D eigenvalue weighted by Gasteiger charge is -2.22. The molecule has 0 radical (unpaired) electrons. The molecule has 0 aromatic heterocycles. The van der Waals surface area contributed by atoms with Gasteiger partial charge < -0.3 is 10.1 Å². The molecule has 7 nitrogen and oxygen atoms in total. The van der Waals surface area contributed by atoms with E-state index in [1.165, 1.54) is 19.2 Å². The first-order chi connectivity index (χ1) is 9.88. The standard InChI is InChI=1S/C13H17N3O4S/c1-20-7-6-15-13(17)10-16(21(2,18)19)12-5-3-4-11(8-12)9-14/h3-5,8H,6-7,10H2,1-2H3,(H,15,17). The van der Waals surface area contributed by atoms with Crippen molar-refractivity contribution in [3.63, 3.8) is 0 Å². The van der Waals surface area contributed by atoms with Crippen LogP contribution in [0, 0.1) is 11.3 Å². The third-order valence-electron chi connectivity index (χ3n) is 2.58. The molecule has 0 unspecified atom stereocenters. The molecule has 114 valence electrons. The number of rotatable bonds is 7. The van der Waals surface area contributed by atoms with Crippen molar-refractivity contribution in [1.29, 1.82) is 5.26 Å². The summed E-state index contributed by atoms with van der Waals surface area (Å²) < 4.78 is 29.4. The summed E-state index contributed by atoms with van der Waals surface area (Å²) in [6.07, 6.45) is 1.01. The molecule has 1 aromatic rings. The number of nitrogens with zero attached hydrogens (tertiary/aromatic N) is 2. The van der Waals surface area contributed by atoms with Gasteiger partial charge in [-0.2, -0.15) is 5.26 Å². The Morgan fingerprint density at radius 3 is 2.76 bits per heavy atom. The minimum Gasteiger partial charge on any atom is -0.383 e. The molecule has 0 saturated carbocycles. The highest BCUT2D eigenvalue weighted by atomic mass is 32.2. The Hall–Kier alpha value is -2.11. The first-order valence-electron chi connectivity index (χ1n) is 6.12. The molecule has 0 bridgehead atoms. The van der Waals surface area contributed by atoms with Gasteiger partial charge in [-0.05, 0) is 18.2 Å². The van der Waals surface area contributed by atoms with Crippen LogP contribution in [-0.4, -0.2) is 47.4 Å². The van der Waals surface area contributed by atoms with Gasteiger partial charge in [0.2, 0.25) is 15.9 Å². The number of amides is 1. The number of hydrogen-bond acceptors (Lipinski definition) is 5. The molecule has 0 heterocycles. The zero-order valence-electron chi connectivity index (χ0n) is 11.9. The number of ether oxygens (including phenoxy) is 1. The summed E-state index contributed by atoms with van der Waals surface area (Å²) in [6, 6.07) is 8.01. The van der Waals surface area contributed by atoms with E-state index < -0.39 is 15.9 Å². The van der Waals surface area contributed by atoms with Gasteiger partial charge in [-0.3, -0.25) is 9.10 Å². The Morgan fingerprint density at radius 2 is 2.19 bits per heavy atom. The van der Waals surface area contributed by atoms with Crippen molar-refractivity contribution >= 4 is 21.6 Å². The van der Waals surface area contributed by atoms with Gasteiger partial charge in [0.15, 0.2) is 0 Å². The van der Waals surface area contributed by atoms with Crippen LogP contribution in [0.4, 0.5) is 5.69 Å². The number of nitrogens with one attached hydrogen (secondary N) is 1. The molecule has 0 spiro atoms. The van der Waals surface area contributed by atoms with E-state index in [4.69, 9.17) is 10.00 Å². The molecule has 21 heavy (non-hydrogen) atoms. The van der Waals surface area contributed by atoms with Gasteiger partial charge in [0.1, 0.15) is 6.54 Å². The summed E-state index contributed by atoms with van der Waals surface area (Å²) >= 11 is 0. The average molecular weight is 311 g/mol. The summed E-state index contributed by atoms with van der Waals surface area (Å²) in [5, 5.41) is 11.4. The number of carbonyl (C=O) groups is 1. The number of anilines is 1. The van der Waals surface area contributed by atoms with Gasteiger partial charge in [0.05, 0.1) is 30.2 Å². The third kappa shape index (κ3) is 5.41. The Kier molecular flexibility index (Phi) is 6.14. The molecular weight excluding hydrogens is 294 g/mol. The monoisotopic (exact) mass is 311 g/mol. The SMILES string of the molecule is COCCNC(=O)CN(c1cccc(C#N)c1)S(C)(=O)=O. The number of hydrogen-bond donors (Lipinski definition) is 1. The van der Waals surface area contributed by atoms with Crippen LogP contribution in [0.2, 0.25) is 0 Å². The third-order valence-corrected chi connectivity index (χ3v) is 3.72. The molecule has 0 aliphatic rings.